The monoisotopic (exact) mass is 310 g/mol. The molecule has 0 bridgehead atoms. The number of aryl methyl sites for hydroxylation is 1. The first-order valence-electron chi connectivity index (χ1n) is 8.35. The Balaban J connectivity index is 2.12. The molecule has 0 saturated carbocycles. The van der Waals surface area contributed by atoms with Crippen LogP contribution in [-0.2, 0) is 0 Å². The van der Waals surface area contributed by atoms with Gasteiger partial charge in [-0.25, -0.2) is 4.98 Å². The molecule has 0 radical (unpaired) electrons. The molecule has 0 fully saturated rings. The van der Waals surface area contributed by atoms with E-state index in [0.29, 0.717) is 5.95 Å². The smallest absolute Gasteiger partial charge is 0.226 e. The highest BCUT2D eigenvalue weighted by atomic mass is 32.2. The summed E-state index contributed by atoms with van der Waals surface area (Å²) in [7, 11) is 0. The lowest BCUT2D eigenvalue weighted by atomic mass is 10.1. The number of nitrogens with zero attached hydrogens (tertiary/aromatic N) is 3. The summed E-state index contributed by atoms with van der Waals surface area (Å²) in [5.74, 6) is 2.59. The van der Waals surface area contributed by atoms with Crippen molar-refractivity contribution in [2.24, 2.45) is 0 Å². The summed E-state index contributed by atoms with van der Waals surface area (Å²) in [6.07, 6.45) is 10.9. The Morgan fingerprint density at radius 3 is 2.19 bits per heavy atom. The van der Waals surface area contributed by atoms with Crippen molar-refractivity contribution in [1.29, 1.82) is 0 Å². The summed E-state index contributed by atoms with van der Waals surface area (Å²) in [6, 6.07) is 0. The summed E-state index contributed by atoms with van der Waals surface area (Å²) in [4.78, 5) is 13.1. The predicted molar refractivity (Wildman–Crippen MR) is 92.1 cm³/mol. The van der Waals surface area contributed by atoms with Crippen LogP contribution in [-0.4, -0.2) is 27.2 Å². The summed E-state index contributed by atoms with van der Waals surface area (Å²) < 4.78 is 0. The fourth-order valence-corrected chi connectivity index (χ4v) is 3.04. The van der Waals surface area contributed by atoms with Crippen LogP contribution in [0.3, 0.4) is 0 Å². The number of unbranched alkanes of at least 4 members (excludes halogenated alkanes) is 7. The molecule has 0 aromatic carbocycles. The first-order valence-corrected chi connectivity index (χ1v) is 9.34. The molecule has 4 nitrogen and oxygen atoms in total. The average molecular weight is 311 g/mol. The van der Waals surface area contributed by atoms with Gasteiger partial charge in [-0.3, -0.25) is 0 Å². The van der Waals surface area contributed by atoms with E-state index in [1.54, 1.807) is 11.8 Å². The number of rotatable bonds is 12. The van der Waals surface area contributed by atoms with Gasteiger partial charge in [-0.05, 0) is 20.3 Å². The van der Waals surface area contributed by atoms with Crippen LogP contribution in [0.25, 0.3) is 0 Å². The van der Waals surface area contributed by atoms with E-state index in [9.17, 15) is 0 Å². The molecular weight excluding hydrogens is 280 g/mol. The number of hydrogen-bond donors (Lipinski definition) is 1. The Morgan fingerprint density at radius 1 is 0.857 bits per heavy atom. The lowest BCUT2D eigenvalue weighted by Crippen LogP contribution is -2.05. The molecule has 1 aromatic rings. The molecule has 0 unspecified atom stereocenters. The molecular formula is C16H30N4S. The second kappa shape index (κ2) is 11.8. The zero-order chi connectivity index (χ0) is 15.3. The van der Waals surface area contributed by atoms with Crippen LogP contribution >= 0.6 is 11.8 Å². The van der Waals surface area contributed by atoms with Crippen LogP contribution in [0.2, 0.25) is 0 Å². The third-order valence-corrected chi connectivity index (χ3v) is 4.22. The van der Waals surface area contributed by atoms with E-state index in [4.69, 9.17) is 0 Å². The molecule has 0 aliphatic heterocycles. The number of hydrogen-bond acceptors (Lipinski definition) is 5. The van der Waals surface area contributed by atoms with Gasteiger partial charge in [-0.2, -0.15) is 9.97 Å². The zero-order valence-electron chi connectivity index (χ0n) is 13.8. The molecule has 0 saturated heterocycles. The maximum Gasteiger partial charge on any atom is 0.226 e. The molecule has 1 N–H and O–H groups in total. The Hall–Kier alpha value is -0.840. The summed E-state index contributed by atoms with van der Waals surface area (Å²) in [5.41, 5.74) is 0. The predicted octanol–water partition coefficient (Wildman–Crippen LogP) is 4.84. The number of nitrogens with one attached hydrogen (secondary N) is 1. The summed E-state index contributed by atoms with van der Waals surface area (Å²) in [5, 5.41) is 4.00. The van der Waals surface area contributed by atoms with E-state index in [0.717, 1.165) is 23.3 Å². The highest BCUT2D eigenvalue weighted by molar-refractivity contribution is 7.99. The van der Waals surface area contributed by atoms with Gasteiger partial charge in [0.1, 0.15) is 5.82 Å². The van der Waals surface area contributed by atoms with Crippen molar-refractivity contribution in [3.8, 4) is 0 Å². The van der Waals surface area contributed by atoms with E-state index in [2.05, 4.69) is 27.2 Å². The second-order valence-corrected chi connectivity index (χ2v) is 6.40. The van der Waals surface area contributed by atoms with Gasteiger partial charge in [-0.15, -0.1) is 0 Å². The Kier molecular flexibility index (Phi) is 10.2. The maximum absolute atomic E-state index is 4.42. The van der Waals surface area contributed by atoms with Crippen molar-refractivity contribution in [3.63, 3.8) is 0 Å². The van der Waals surface area contributed by atoms with Gasteiger partial charge in [0.2, 0.25) is 5.95 Å². The molecule has 0 aliphatic rings. The number of aromatic nitrogens is 3. The van der Waals surface area contributed by atoms with E-state index in [-0.39, 0.29) is 0 Å². The van der Waals surface area contributed by atoms with Crippen molar-refractivity contribution < 1.29 is 0 Å². The van der Waals surface area contributed by atoms with Crippen LogP contribution in [0.15, 0.2) is 5.16 Å². The molecule has 1 rings (SSSR count). The van der Waals surface area contributed by atoms with Crippen LogP contribution < -0.4 is 5.32 Å². The Bertz CT molecular complexity index is 385. The lowest BCUT2D eigenvalue weighted by molar-refractivity contribution is 0.586. The number of thioether (sulfide) groups is 1. The molecule has 120 valence electrons. The van der Waals surface area contributed by atoms with Gasteiger partial charge in [0.15, 0.2) is 5.16 Å². The van der Waals surface area contributed by atoms with Crippen molar-refractivity contribution in [1.82, 2.24) is 15.0 Å². The molecule has 0 spiro atoms. The summed E-state index contributed by atoms with van der Waals surface area (Å²) in [6.45, 7) is 7.07. The van der Waals surface area contributed by atoms with Crippen molar-refractivity contribution in [2.45, 2.75) is 77.3 Å². The van der Waals surface area contributed by atoms with Crippen LogP contribution in [0, 0.1) is 6.92 Å². The third kappa shape index (κ3) is 8.91. The molecule has 21 heavy (non-hydrogen) atoms. The van der Waals surface area contributed by atoms with Crippen LogP contribution in [0.4, 0.5) is 5.95 Å². The fourth-order valence-electron chi connectivity index (χ4n) is 2.16. The zero-order valence-corrected chi connectivity index (χ0v) is 14.6. The van der Waals surface area contributed by atoms with Crippen LogP contribution in [0.5, 0.6) is 0 Å². The minimum absolute atomic E-state index is 0.698. The maximum atomic E-state index is 4.42. The minimum atomic E-state index is 0.698. The minimum Gasteiger partial charge on any atom is -0.354 e. The Labute approximate surface area is 134 Å². The molecule has 1 heterocycles. The van der Waals surface area contributed by atoms with Gasteiger partial charge in [-0.1, -0.05) is 63.6 Å². The third-order valence-electron chi connectivity index (χ3n) is 3.29. The summed E-state index contributed by atoms with van der Waals surface area (Å²) >= 11 is 1.74. The van der Waals surface area contributed by atoms with Crippen molar-refractivity contribution >= 4 is 17.7 Å². The van der Waals surface area contributed by atoms with E-state index in [1.165, 1.54) is 51.4 Å². The standard InChI is InChI=1S/C16H30N4S/c1-4-6-7-8-9-10-11-12-13-21-16-19-14(3)18-15(20-16)17-5-2/h4-13H2,1-3H3,(H,17,18,19,20). The number of anilines is 1. The molecule has 5 heteroatoms. The fraction of sp³-hybridized carbons (Fsp3) is 0.812. The van der Waals surface area contributed by atoms with Gasteiger partial charge < -0.3 is 5.32 Å². The first-order chi connectivity index (χ1) is 10.3. The first kappa shape index (κ1) is 18.2. The highest BCUT2D eigenvalue weighted by Crippen LogP contribution is 2.17. The quantitative estimate of drug-likeness (QED) is 0.442. The lowest BCUT2D eigenvalue weighted by Gasteiger charge is -2.05. The molecule has 0 aliphatic carbocycles. The van der Waals surface area contributed by atoms with Crippen molar-refractivity contribution in [3.05, 3.63) is 5.82 Å². The largest absolute Gasteiger partial charge is 0.354 e. The van der Waals surface area contributed by atoms with Crippen molar-refractivity contribution in [2.75, 3.05) is 17.6 Å². The van der Waals surface area contributed by atoms with Gasteiger partial charge in [0, 0.05) is 12.3 Å². The Morgan fingerprint density at radius 2 is 1.52 bits per heavy atom. The van der Waals surface area contributed by atoms with E-state index >= 15 is 0 Å². The topological polar surface area (TPSA) is 50.7 Å². The van der Waals surface area contributed by atoms with Gasteiger partial charge in [0.25, 0.3) is 0 Å². The molecule has 0 amide bonds. The average Bonchev–Trinajstić information content (AvgIpc) is 2.45. The molecule has 0 atom stereocenters. The molecule has 1 aromatic heterocycles. The normalized spacial score (nSPS) is 10.8. The van der Waals surface area contributed by atoms with Crippen LogP contribution in [0.1, 0.15) is 71.0 Å². The van der Waals surface area contributed by atoms with Gasteiger partial charge in [0.05, 0.1) is 0 Å². The van der Waals surface area contributed by atoms with Gasteiger partial charge >= 0.3 is 0 Å². The van der Waals surface area contributed by atoms with E-state index in [1.807, 2.05) is 13.8 Å². The SMILES string of the molecule is CCCCCCCCCCSc1nc(C)nc(NCC)n1. The highest BCUT2D eigenvalue weighted by Gasteiger charge is 2.03. The second-order valence-electron chi connectivity index (χ2n) is 5.34. The van der Waals surface area contributed by atoms with E-state index < -0.39 is 0 Å².